The van der Waals surface area contributed by atoms with Crippen molar-refractivity contribution in [2.24, 2.45) is 0 Å². The molecule has 0 aliphatic carbocycles. The number of nitrogens with two attached hydrogens (primary N) is 1. The van der Waals surface area contributed by atoms with E-state index < -0.39 is 0 Å². The normalized spacial score (nSPS) is 10.9. The monoisotopic (exact) mass is 351 g/mol. The lowest BCUT2D eigenvalue weighted by Gasteiger charge is -2.15. The van der Waals surface area contributed by atoms with E-state index in [0.29, 0.717) is 23.8 Å². The Hall–Kier alpha value is -3.22. The third-order valence-corrected chi connectivity index (χ3v) is 4.05. The van der Waals surface area contributed by atoms with E-state index in [0.717, 1.165) is 16.8 Å². The minimum Gasteiger partial charge on any atom is -0.368 e. The molecule has 0 atom stereocenters. The first kappa shape index (κ1) is 17.6. The van der Waals surface area contributed by atoms with Crippen LogP contribution < -0.4 is 5.73 Å². The standard InChI is InChI=1S/C19H21N5O2/c1-12(2)17-8-16(26-23-17)11-24(3)18(25)14-6-4-13(5-7-14)15-9-21-19(20)22-10-15/h4-10,12H,11H2,1-3H3,(H2,20,21,22). The molecule has 7 heteroatoms. The average Bonchev–Trinajstić information content (AvgIpc) is 3.11. The van der Waals surface area contributed by atoms with Crippen LogP contribution in [0, 0.1) is 0 Å². The fraction of sp³-hybridized carbons (Fsp3) is 0.263. The molecule has 3 aromatic rings. The maximum Gasteiger partial charge on any atom is 0.254 e. The summed E-state index contributed by atoms with van der Waals surface area (Å²) in [5, 5.41) is 4.02. The van der Waals surface area contributed by atoms with Gasteiger partial charge in [0.15, 0.2) is 5.76 Å². The quantitative estimate of drug-likeness (QED) is 0.758. The highest BCUT2D eigenvalue weighted by molar-refractivity contribution is 5.94. The number of nitrogens with zero attached hydrogens (tertiary/aromatic N) is 4. The predicted octanol–water partition coefficient (Wildman–Crippen LogP) is 3.11. The van der Waals surface area contributed by atoms with Crippen LogP contribution in [-0.2, 0) is 6.54 Å². The van der Waals surface area contributed by atoms with E-state index in [9.17, 15) is 4.79 Å². The molecule has 2 aromatic heterocycles. The summed E-state index contributed by atoms with van der Waals surface area (Å²) in [6.07, 6.45) is 3.31. The maximum absolute atomic E-state index is 12.6. The molecule has 26 heavy (non-hydrogen) atoms. The first-order valence-corrected chi connectivity index (χ1v) is 8.33. The minimum atomic E-state index is -0.0902. The van der Waals surface area contributed by atoms with Gasteiger partial charge in [-0.25, -0.2) is 9.97 Å². The van der Waals surface area contributed by atoms with E-state index in [4.69, 9.17) is 10.3 Å². The fourth-order valence-corrected chi connectivity index (χ4v) is 2.49. The van der Waals surface area contributed by atoms with E-state index in [2.05, 4.69) is 15.1 Å². The molecule has 1 aromatic carbocycles. The molecular formula is C19H21N5O2. The zero-order valence-corrected chi connectivity index (χ0v) is 15.0. The van der Waals surface area contributed by atoms with Gasteiger partial charge in [0.1, 0.15) is 0 Å². The van der Waals surface area contributed by atoms with Gasteiger partial charge in [-0.05, 0) is 23.6 Å². The molecule has 0 fully saturated rings. The van der Waals surface area contributed by atoms with Crippen LogP contribution in [0.1, 0.15) is 41.6 Å². The Bertz CT molecular complexity index is 885. The lowest BCUT2D eigenvalue weighted by atomic mass is 10.1. The molecule has 2 heterocycles. The third-order valence-electron chi connectivity index (χ3n) is 4.05. The highest BCUT2D eigenvalue weighted by atomic mass is 16.5. The number of anilines is 1. The highest BCUT2D eigenvalue weighted by Gasteiger charge is 2.15. The van der Waals surface area contributed by atoms with Gasteiger partial charge >= 0.3 is 0 Å². The van der Waals surface area contributed by atoms with E-state index >= 15 is 0 Å². The summed E-state index contributed by atoms with van der Waals surface area (Å²) in [6.45, 7) is 4.46. The smallest absolute Gasteiger partial charge is 0.254 e. The summed E-state index contributed by atoms with van der Waals surface area (Å²) in [7, 11) is 1.74. The van der Waals surface area contributed by atoms with Crippen LogP contribution in [0.4, 0.5) is 5.95 Å². The van der Waals surface area contributed by atoms with Crippen molar-refractivity contribution in [2.45, 2.75) is 26.3 Å². The molecule has 0 bridgehead atoms. The molecule has 0 aliphatic rings. The van der Waals surface area contributed by atoms with Gasteiger partial charge in [0.2, 0.25) is 5.95 Å². The largest absolute Gasteiger partial charge is 0.368 e. The first-order valence-electron chi connectivity index (χ1n) is 8.33. The number of hydrogen-bond acceptors (Lipinski definition) is 6. The zero-order chi connectivity index (χ0) is 18.7. The number of carbonyl (C=O) groups is 1. The van der Waals surface area contributed by atoms with Gasteiger partial charge in [0.25, 0.3) is 5.91 Å². The van der Waals surface area contributed by atoms with E-state index in [1.165, 1.54) is 0 Å². The lowest BCUT2D eigenvalue weighted by molar-refractivity contribution is 0.0772. The molecule has 3 rings (SSSR count). The fourth-order valence-electron chi connectivity index (χ4n) is 2.49. The summed E-state index contributed by atoms with van der Waals surface area (Å²) < 4.78 is 5.30. The minimum absolute atomic E-state index is 0.0902. The van der Waals surface area contributed by atoms with E-state index in [1.54, 1.807) is 36.5 Å². The van der Waals surface area contributed by atoms with Crippen molar-refractivity contribution < 1.29 is 9.32 Å². The lowest BCUT2D eigenvalue weighted by Crippen LogP contribution is -2.25. The molecular weight excluding hydrogens is 330 g/mol. The van der Waals surface area contributed by atoms with Gasteiger partial charge in [-0.2, -0.15) is 0 Å². The molecule has 134 valence electrons. The molecule has 0 saturated heterocycles. The Morgan fingerprint density at radius 1 is 1.15 bits per heavy atom. The van der Waals surface area contributed by atoms with Gasteiger partial charge < -0.3 is 15.2 Å². The number of carbonyl (C=O) groups excluding carboxylic acids is 1. The Morgan fingerprint density at radius 2 is 1.81 bits per heavy atom. The van der Waals surface area contributed by atoms with Crippen LogP contribution in [-0.4, -0.2) is 33.0 Å². The Balaban J connectivity index is 1.69. The zero-order valence-electron chi connectivity index (χ0n) is 15.0. The second-order valence-electron chi connectivity index (χ2n) is 6.44. The van der Waals surface area contributed by atoms with Crippen molar-refractivity contribution >= 4 is 11.9 Å². The van der Waals surface area contributed by atoms with Gasteiger partial charge in [-0.1, -0.05) is 31.1 Å². The average molecular weight is 351 g/mol. The molecule has 2 N–H and O–H groups in total. The second kappa shape index (κ2) is 7.35. The molecule has 0 saturated carbocycles. The summed E-state index contributed by atoms with van der Waals surface area (Å²) in [4.78, 5) is 22.2. The predicted molar refractivity (Wildman–Crippen MR) is 98.3 cm³/mol. The number of nitrogen functional groups attached to an aromatic ring is 1. The van der Waals surface area contributed by atoms with Crippen molar-refractivity contribution in [3.8, 4) is 11.1 Å². The van der Waals surface area contributed by atoms with Crippen LogP contribution >= 0.6 is 0 Å². The Labute approximate surface area is 151 Å². The third kappa shape index (κ3) is 3.88. The number of benzene rings is 1. The Kier molecular flexibility index (Phi) is 4.97. The van der Waals surface area contributed by atoms with Crippen LogP contribution in [0.2, 0.25) is 0 Å². The van der Waals surface area contributed by atoms with Crippen LogP contribution in [0.5, 0.6) is 0 Å². The van der Waals surface area contributed by atoms with Crippen molar-refractivity contribution in [1.29, 1.82) is 0 Å². The number of amides is 1. The summed E-state index contributed by atoms with van der Waals surface area (Å²) in [5.74, 6) is 1.10. The van der Waals surface area contributed by atoms with Crippen molar-refractivity contribution in [1.82, 2.24) is 20.0 Å². The summed E-state index contributed by atoms with van der Waals surface area (Å²) in [5.41, 5.74) is 8.74. The highest BCUT2D eigenvalue weighted by Crippen LogP contribution is 2.20. The number of hydrogen-bond donors (Lipinski definition) is 1. The van der Waals surface area contributed by atoms with Gasteiger partial charge in [0.05, 0.1) is 12.2 Å². The molecule has 0 spiro atoms. The molecule has 0 aliphatic heterocycles. The van der Waals surface area contributed by atoms with Crippen molar-refractivity contribution in [3.05, 3.63) is 59.7 Å². The van der Waals surface area contributed by atoms with E-state index in [-0.39, 0.29) is 11.9 Å². The molecule has 0 radical (unpaired) electrons. The molecule has 1 amide bonds. The number of rotatable bonds is 5. The number of aromatic nitrogens is 3. The summed E-state index contributed by atoms with van der Waals surface area (Å²) in [6, 6.07) is 9.18. The molecule has 0 unspecified atom stereocenters. The van der Waals surface area contributed by atoms with E-state index in [1.807, 2.05) is 32.0 Å². The van der Waals surface area contributed by atoms with Gasteiger partial charge in [0, 0.05) is 36.6 Å². The van der Waals surface area contributed by atoms with Gasteiger partial charge in [-0.3, -0.25) is 4.79 Å². The topological polar surface area (TPSA) is 98.1 Å². The second-order valence-corrected chi connectivity index (χ2v) is 6.44. The van der Waals surface area contributed by atoms with Crippen molar-refractivity contribution in [2.75, 3.05) is 12.8 Å². The summed E-state index contributed by atoms with van der Waals surface area (Å²) >= 11 is 0. The molecule has 7 nitrogen and oxygen atoms in total. The maximum atomic E-state index is 12.6. The SMILES string of the molecule is CC(C)c1cc(CN(C)C(=O)c2ccc(-c3cnc(N)nc3)cc2)on1. The van der Waals surface area contributed by atoms with Crippen LogP contribution in [0.15, 0.2) is 47.2 Å². The van der Waals surface area contributed by atoms with Crippen LogP contribution in [0.25, 0.3) is 11.1 Å². The van der Waals surface area contributed by atoms with Gasteiger partial charge in [-0.15, -0.1) is 0 Å². The van der Waals surface area contributed by atoms with Crippen molar-refractivity contribution in [3.63, 3.8) is 0 Å². The van der Waals surface area contributed by atoms with Crippen LogP contribution in [0.3, 0.4) is 0 Å². The first-order chi connectivity index (χ1) is 12.4. The Morgan fingerprint density at radius 3 is 2.38 bits per heavy atom.